The van der Waals surface area contributed by atoms with Crippen LogP contribution in [0.4, 0.5) is 28.3 Å². The average Bonchev–Trinajstić information content (AvgIpc) is 2.76. The van der Waals surface area contributed by atoms with E-state index in [4.69, 9.17) is 9.47 Å². The lowest BCUT2D eigenvalue weighted by Gasteiger charge is -2.42. The minimum Gasteiger partial charge on any atom is -0.444 e. The molecule has 0 spiro atoms. The summed E-state index contributed by atoms with van der Waals surface area (Å²) in [5.74, 6) is -1.24. The lowest BCUT2D eigenvalue weighted by molar-refractivity contribution is -0.141. The number of ether oxygens (including phenoxy) is 2. The molecular formula is C25H32F4N4O4. The highest BCUT2D eigenvalue weighted by Crippen LogP contribution is 2.34. The van der Waals surface area contributed by atoms with Gasteiger partial charge in [-0.25, -0.2) is 14.2 Å². The average molecular weight is 529 g/mol. The Labute approximate surface area is 213 Å². The van der Waals surface area contributed by atoms with Gasteiger partial charge < -0.3 is 24.4 Å². The fourth-order valence-corrected chi connectivity index (χ4v) is 3.78. The van der Waals surface area contributed by atoms with E-state index in [0.29, 0.717) is 6.07 Å². The summed E-state index contributed by atoms with van der Waals surface area (Å²) in [6.45, 7) is 9.13. The van der Waals surface area contributed by atoms with Crippen molar-refractivity contribution >= 4 is 12.0 Å². The fourth-order valence-electron chi connectivity index (χ4n) is 3.78. The monoisotopic (exact) mass is 528 g/mol. The molecule has 1 saturated heterocycles. The largest absolute Gasteiger partial charge is 0.444 e. The maximum absolute atomic E-state index is 13.5. The van der Waals surface area contributed by atoms with Crippen molar-refractivity contribution in [2.24, 2.45) is 0 Å². The molecule has 0 aliphatic carbocycles. The number of aromatic nitrogens is 2. The van der Waals surface area contributed by atoms with E-state index in [2.05, 4.69) is 9.97 Å². The van der Waals surface area contributed by atoms with Crippen LogP contribution in [0.15, 0.2) is 30.3 Å². The number of rotatable bonds is 6. The molecule has 204 valence electrons. The third kappa shape index (κ3) is 7.91. The first-order chi connectivity index (χ1) is 17.0. The van der Waals surface area contributed by atoms with Crippen molar-refractivity contribution in [2.45, 2.75) is 70.9 Å². The second-order valence-corrected chi connectivity index (χ2v) is 10.4. The molecule has 1 fully saturated rings. The van der Waals surface area contributed by atoms with E-state index >= 15 is 0 Å². The highest BCUT2D eigenvalue weighted by molar-refractivity contribution is 5.68. The number of alkyl halides is 3. The number of carbonyl (C=O) groups is 1. The highest BCUT2D eigenvalue weighted by Gasteiger charge is 2.39. The third-order valence-electron chi connectivity index (χ3n) is 5.69. The van der Waals surface area contributed by atoms with E-state index in [-0.39, 0.29) is 56.1 Å². The summed E-state index contributed by atoms with van der Waals surface area (Å²) in [5, 5.41) is 11.2. The summed E-state index contributed by atoms with van der Waals surface area (Å²) >= 11 is 0. The molecule has 8 nitrogen and oxygen atoms in total. The van der Waals surface area contributed by atoms with Gasteiger partial charge in [0.05, 0.1) is 12.1 Å². The summed E-state index contributed by atoms with van der Waals surface area (Å²) < 4.78 is 65.0. The van der Waals surface area contributed by atoms with Gasteiger partial charge in [-0.3, -0.25) is 0 Å². The Bertz CT molecular complexity index is 1100. The zero-order valence-electron chi connectivity index (χ0n) is 21.5. The van der Waals surface area contributed by atoms with E-state index in [1.807, 2.05) is 0 Å². The summed E-state index contributed by atoms with van der Waals surface area (Å²) in [7, 11) is 0. The standard InChI is InChI=1S/C25H32F4N4O4/c1-16(2)33(22(34)37-23(3,4)5)15-24(35)9-11-32(12-10-24)21-30-19(25(27,28)29)14-20(31-21)36-18-8-6-7-17(26)13-18/h6-8,13-14,16,35H,9-12,15H2,1-5H3. The fraction of sp³-hybridized carbons (Fsp3) is 0.560. The Hall–Kier alpha value is -3.15. The highest BCUT2D eigenvalue weighted by atomic mass is 19.4. The molecule has 1 N–H and O–H groups in total. The number of anilines is 1. The van der Waals surface area contributed by atoms with Crippen LogP contribution >= 0.6 is 0 Å². The van der Waals surface area contributed by atoms with Crippen molar-refractivity contribution < 1.29 is 36.9 Å². The number of carbonyl (C=O) groups excluding carboxylic acids is 1. The van der Waals surface area contributed by atoms with Gasteiger partial charge in [-0.15, -0.1) is 0 Å². The zero-order valence-corrected chi connectivity index (χ0v) is 21.5. The van der Waals surface area contributed by atoms with Crippen LogP contribution in [-0.4, -0.2) is 62.9 Å². The van der Waals surface area contributed by atoms with E-state index < -0.39 is 35.0 Å². The maximum atomic E-state index is 13.5. The molecule has 0 unspecified atom stereocenters. The van der Waals surface area contributed by atoms with E-state index in [1.54, 1.807) is 34.6 Å². The van der Waals surface area contributed by atoms with Crippen LogP contribution in [0.3, 0.4) is 0 Å². The predicted molar refractivity (Wildman–Crippen MR) is 128 cm³/mol. The van der Waals surface area contributed by atoms with Crippen molar-refractivity contribution in [3.05, 3.63) is 41.8 Å². The van der Waals surface area contributed by atoms with Gasteiger partial charge >= 0.3 is 12.3 Å². The van der Waals surface area contributed by atoms with E-state index in [0.717, 1.165) is 6.07 Å². The van der Waals surface area contributed by atoms with E-state index in [9.17, 15) is 27.5 Å². The molecule has 1 aliphatic heterocycles. The Morgan fingerprint density at radius 3 is 2.35 bits per heavy atom. The number of aliphatic hydroxyl groups is 1. The Morgan fingerprint density at radius 2 is 1.81 bits per heavy atom. The van der Waals surface area contributed by atoms with Gasteiger partial charge in [0.1, 0.15) is 17.2 Å². The van der Waals surface area contributed by atoms with Gasteiger partial charge in [-0.05, 0) is 59.6 Å². The molecule has 12 heteroatoms. The SMILES string of the molecule is CC(C)N(CC1(O)CCN(c2nc(Oc3cccc(F)c3)cc(C(F)(F)F)n2)CC1)C(=O)OC(C)(C)C. The van der Waals surface area contributed by atoms with Crippen LogP contribution in [-0.2, 0) is 10.9 Å². The lowest BCUT2D eigenvalue weighted by atomic mass is 9.90. The molecule has 3 rings (SSSR count). The van der Waals surface area contributed by atoms with Crippen LogP contribution in [0.1, 0.15) is 53.2 Å². The molecule has 1 aromatic heterocycles. The first-order valence-electron chi connectivity index (χ1n) is 11.9. The topological polar surface area (TPSA) is 88.0 Å². The first-order valence-corrected chi connectivity index (χ1v) is 11.9. The van der Waals surface area contributed by atoms with Crippen molar-refractivity contribution in [3.8, 4) is 11.6 Å². The Balaban J connectivity index is 1.77. The van der Waals surface area contributed by atoms with Crippen LogP contribution < -0.4 is 9.64 Å². The second kappa shape index (κ2) is 10.7. The normalized spacial score (nSPS) is 16.0. The number of halogens is 4. The van der Waals surface area contributed by atoms with Crippen LogP contribution in [0.2, 0.25) is 0 Å². The van der Waals surface area contributed by atoms with Gasteiger partial charge in [0.15, 0.2) is 5.69 Å². The Kier molecular flexibility index (Phi) is 8.21. The van der Waals surface area contributed by atoms with E-state index in [1.165, 1.54) is 28.0 Å². The zero-order chi connectivity index (χ0) is 27.6. The molecule has 2 heterocycles. The lowest BCUT2D eigenvalue weighted by Crippen LogP contribution is -2.54. The molecule has 37 heavy (non-hydrogen) atoms. The summed E-state index contributed by atoms with van der Waals surface area (Å²) in [5.41, 5.74) is -3.19. The van der Waals surface area contributed by atoms with Gasteiger partial charge in [-0.1, -0.05) is 6.07 Å². The van der Waals surface area contributed by atoms with Crippen molar-refractivity contribution in [3.63, 3.8) is 0 Å². The van der Waals surface area contributed by atoms with Gasteiger partial charge in [0, 0.05) is 31.3 Å². The molecule has 0 atom stereocenters. The maximum Gasteiger partial charge on any atom is 0.433 e. The quantitative estimate of drug-likeness (QED) is 0.502. The smallest absolute Gasteiger partial charge is 0.433 e. The minimum atomic E-state index is -4.76. The number of amides is 1. The molecule has 0 radical (unpaired) electrons. The minimum absolute atomic E-state index is 0.00476. The summed E-state index contributed by atoms with van der Waals surface area (Å²) in [6.07, 6.45) is -5.02. The van der Waals surface area contributed by atoms with Crippen molar-refractivity contribution in [1.29, 1.82) is 0 Å². The molecule has 1 aliphatic rings. The van der Waals surface area contributed by atoms with Crippen LogP contribution in [0, 0.1) is 5.82 Å². The summed E-state index contributed by atoms with van der Waals surface area (Å²) in [6, 6.07) is 5.37. The van der Waals surface area contributed by atoms with Crippen LogP contribution in [0.25, 0.3) is 0 Å². The second-order valence-electron chi connectivity index (χ2n) is 10.4. The van der Waals surface area contributed by atoms with Crippen LogP contribution in [0.5, 0.6) is 11.6 Å². The van der Waals surface area contributed by atoms with Gasteiger partial charge in [0.2, 0.25) is 11.8 Å². The summed E-state index contributed by atoms with van der Waals surface area (Å²) in [4.78, 5) is 23.4. The number of benzene rings is 1. The first kappa shape index (κ1) is 28.4. The van der Waals surface area contributed by atoms with Crippen molar-refractivity contribution in [1.82, 2.24) is 14.9 Å². The molecule has 2 aromatic rings. The number of nitrogens with zero attached hydrogens (tertiary/aromatic N) is 4. The van der Waals surface area contributed by atoms with Gasteiger partial charge in [-0.2, -0.15) is 18.2 Å². The number of hydrogen-bond acceptors (Lipinski definition) is 7. The molecule has 1 amide bonds. The Morgan fingerprint density at radius 1 is 1.16 bits per heavy atom. The molecule has 1 aromatic carbocycles. The number of piperidine rings is 1. The predicted octanol–water partition coefficient (Wildman–Crippen LogP) is 5.40. The van der Waals surface area contributed by atoms with Gasteiger partial charge in [0.25, 0.3) is 0 Å². The molecule has 0 bridgehead atoms. The third-order valence-corrected chi connectivity index (χ3v) is 5.69. The number of hydrogen-bond donors (Lipinski definition) is 1. The molecular weight excluding hydrogens is 496 g/mol. The molecule has 0 saturated carbocycles. The van der Waals surface area contributed by atoms with Crippen molar-refractivity contribution in [2.75, 3.05) is 24.5 Å².